The molecule has 1 fully saturated rings. The number of carbonyl (C=O) groups is 1. The van der Waals surface area contributed by atoms with Crippen LogP contribution in [0.15, 0.2) is 36.5 Å². The zero-order chi connectivity index (χ0) is 15.6. The lowest BCUT2D eigenvalue weighted by Crippen LogP contribution is -2.61. The van der Waals surface area contributed by atoms with Crippen LogP contribution >= 0.6 is 11.5 Å². The maximum Gasteiger partial charge on any atom is 0.264 e. The van der Waals surface area contributed by atoms with E-state index in [4.69, 9.17) is 4.74 Å². The third kappa shape index (κ3) is 3.03. The van der Waals surface area contributed by atoms with Gasteiger partial charge in [0, 0.05) is 11.5 Å². The minimum Gasteiger partial charge on any atom is -0.373 e. The van der Waals surface area contributed by atoms with Crippen molar-refractivity contribution in [2.45, 2.75) is 39.0 Å². The molecule has 0 saturated heterocycles. The summed E-state index contributed by atoms with van der Waals surface area (Å²) in [5.74, 6) is -0.102. The maximum absolute atomic E-state index is 12.1. The summed E-state index contributed by atoms with van der Waals surface area (Å²) >= 11 is 1.11. The van der Waals surface area contributed by atoms with Crippen molar-refractivity contribution in [3.63, 3.8) is 0 Å². The summed E-state index contributed by atoms with van der Waals surface area (Å²) in [6.45, 7) is 4.86. The molecular formula is C16H19N3O2S. The number of carbonyl (C=O) groups excluding carboxylic acids is 1. The van der Waals surface area contributed by atoms with E-state index in [1.54, 1.807) is 0 Å². The fourth-order valence-electron chi connectivity index (χ4n) is 2.68. The number of hydrogen-bond acceptors (Lipinski definition) is 5. The van der Waals surface area contributed by atoms with Crippen molar-refractivity contribution in [1.82, 2.24) is 14.9 Å². The van der Waals surface area contributed by atoms with Crippen LogP contribution in [0.3, 0.4) is 0 Å². The Hall–Kier alpha value is -1.79. The molecule has 22 heavy (non-hydrogen) atoms. The van der Waals surface area contributed by atoms with Crippen LogP contribution in [0, 0.1) is 5.41 Å². The molecule has 1 amide bonds. The van der Waals surface area contributed by atoms with Gasteiger partial charge in [-0.2, -0.15) is 0 Å². The molecule has 0 radical (unpaired) electrons. The van der Waals surface area contributed by atoms with Gasteiger partial charge in [0.1, 0.15) is 4.88 Å². The van der Waals surface area contributed by atoms with Crippen molar-refractivity contribution >= 4 is 17.4 Å². The van der Waals surface area contributed by atoms with E-state index < -0.39 is 0 Å². The highest BCUT2D eigenvalue weighted by atomic mass is 32.1. The second-order valence-electron chi connectivity index (χ2n) is 6.15. The Bertz CT molecular complexity index is 628. The lowest BCUT2D eigenvalue weighted by molar-refractivity contribution is -0.122. The summed E-state index contributed by atoms with van der Waals surface area (Å²) < 4.78 is 9.72. The number of benzene rings is 1. The van der Waals surface area contributed by atoms with E-state index in [2.05, 4.69) is 40.9 Å². The van der Waals surface area contributed by atoms with E-state index in [1.807, 2.05) is 18.2 Å². The summed E-state index contributed by atoms with van der Waals surface area (Å²) in [6, 6.07) is 10.2. The molecule has 0 bridgehead atoms. The van der Waals surface area contributed by atoms with Gasteiger partial charge in [0.2, 0.25) is 0 Å². The Labute approximate surface area is 133 Å². The largest absolute Gasteiger partial charge is 0.373 e. The summed E-state index contributed by atoms with van der Waals surface area (Å²) in [5.41, 5.74) is 1.09. The SMILES string of the molecule is CC1(C)[C@@H](NC(=O)c2cnns2)C[C@H]1OCc1ccccc1. The summed E-state index contributed by atoms with van der Waals surface area (Å²) in [6.07, 6.45) is 2.48. The van der Waals surface area contributed by atoms with Gasteiger partial charge in [-0.15, -0.1) is 5.10 Å². The average molecular weight is 317 g/mol. The van der Waals surface area contributed by atoms with Crippen molar-refractivity contribution < 1.29 is 9.53 Å². The fourth-order valence-corrected chi connectivity index (χ4v) is 3.10. The van der Waals surface area contributed by atoms with Gasteiger partial charge in [-0.25, -0.2) is 0 Å². The van der Waals surface area contributed by atoms with Crippen molar-refractivity contribution in [2.24, 2.45) is 5.41 Å². The van der Waals surface area contributed by atoms with Crippen LogP contribution in [-0.2, 0) is 11.3 Å². The zero-order valence-electron chi connectivity index (χ0n) is 12.7. The van der Waals surface area contributed by atoms with Gasteiger partial charge in [0.25, 0.3) is 5.91 Å². The maximum atomic E-state index is 12.1. The Morgan fingerprint density at radius 3 is 2.82 bits per heavy atom. The fraction of sp³-hybridized carbons (Fsp3) is 0.438. The molecule has 1 aromatic carbocycles. The van der Waals surface area contributed by atoms with Gasteiger partial charge in [-0.05, 0) is 23.5 Å². The molecule has 6 heteroatoms. The van der Waals surface area contributed by atoms with Crippen LogP contribution in [-0.4, -0.2) is 27.6 Å². The number of aromatic nitrogens is 2. The monoisotopic (exact) mass is 317 g/mol. The number of nitrogens with one attached hydrogen (secondary N) is 1. The van der Waals surface area contributed by atoms with Gasteiger partial charge in [-0.1, -0.05) is 48.7 Å². The van der Waals surface area contributed by atoms with Crippen LogP contribution in [0.5, 0.6) is 0 Å². The molecule has 1 aliphatic carbocycles. The van der Waals surface area contributed by atoms with Gasteiger partial charge < -0.3 is 10.1 Å². The second kappa shape index (κ2) is 6.14. The molecule has 116 valence electrons. The molecule has 0 spiro atoms. The first-order valence-corrected chi connectivity index (χ1v) is 8.08. The lowest BCUT2D eigenvalue weighted by Gasteiger charge is -2.51. The smallest absolute Gasteiger partial charge is 0.264 e. The standard InChI is InChI=1S/C16H19N3O2S/c1-16(2)13(18-15(20)12-9-17-19-22-12)8-14(16)21-10-11-6-4-3-5-7-11/h3-7,9,13-14H,8,10H2,1-2H3,(H,18,20)/t13-,14+/m0/s1. The van der Waals surface area contributed by atoms with E-state index in [9.17, 15) is 4.79 Å². The highest BCUT2D eigenvalue weighted by Crippen LogP contribution is 2.43. The van der Waals surface area contributed by atoms with Gasteiger partial charge >= 0.3 is 0 Å². The predicted octanol–water partition coefficient (Wildman–Crippen LogP) is 2.65. The molecule has 3 rings (SSSR count). The highest BCUT2D eigenvalue weighted by molar-refractivity contribution is 7.07. The first-order chi connectivity index (χ1) is 10.6. The zero-order valence-corrected chi connectivity index (χ0v) is 13.5. The molecule has 1 heterocycles. The third-order valence-corrected chi connectivity index (χ3v) is 5.03. The lowest BCUT2D eigenvalue weighted by atomic mass is 9.64. The van der Waals surface area contributed by atoms with E-state index in [1.165, 1.54) is 11.8 Å². The quantitative estimate of drug-likeness (QED) is 0.921. The van der Waals surface area contributed by atoms with Crippen LogP contribution < -0.4 is 5.32 Å². The number of hydrogen-bond donors (Lipinski definition) is 1. The van der Waals surface area contributed by atoms with Crippen molar-refractivity contribution in [3.05, 3.63) is 47.0 Å². The number of rotatable bonds is 5. The minimum atomic E-state index is -0.102. The summed E-state index contributed by atoms with van der Waals surface area (Å²) in [5, 5.41) is 6.74. The molecule has 1 aliphatic rings. The van der Waals surface area contributed by atoms with Crippen LogP contribution in [0.1, 0.15) is 35.5 Å². The highest BCUT2D eigenvalue weighted by Gasteiger charge is 2.49. The second-order valence-corrected chi connectivity index (χ2v) is 6.94. The Morgan fingerprint density at radius 2 is 2.18 bits per heavy atom. The molecule has 0 unspecified atom stereocenters. The van der Waals surface area contributed by atoms with Gasteiger partial charge in [0.05, 0.1) is 18.9 Å². The minimum absolute atomic E-state index is 0.0808. The van der Waals surface area contributed by atoms with Crippen LogP contribution in [0.25, 0.3) is 0 Å². The normalized spacial score (nSPS) is 22.8. The number of nitrogens with zero attached hydrogens (tertiary/aromatic N) is 2. The summed E-state index contributed by atoms with van der Waals surface area (Å²) in [4.78, 5) is 12.6. The van der Waals surface area contributed by atoms with Crippen molar-refractivity contribution in [1.29, 1.82) is 0 Å². The first-order valence-electron chi connectivity index (χ1n) is 7.31. The predicted molar refractivity (Wildman–Crippen MR) is 84.6 cm³/mol. The molecule has 5 nitrogen and oxygen atoms in total. The van der Waals surface area contributed by atoms with E-state index in [0.717, 1.165) is 18.0 Å². The van der Waals surface area contributed by atoms with Crippen LogP contribution in [0.4, 0.5) is 0 Å². The van der Waals surface area contributed by atoms with Crippen molar-refractivity contribution in [3.8, 4) is 0 Å². The Morgan fingerprint density at radius 1 is 1.41 bits per heavy atom. The summed E-state index contributed by atoms with van der Waals surface area (Å²) in [7, 11) is 0. The molecule has 1 saturated carbocycles. The van der Waals surface area contributed by atoms with E-state index in [-0.39, 0.29) is 23.5 Å². The average Bonchev–Trinajstić information content (AvgIpc) is 3.05. The number of amides is 1. The number of ether oxygens (including phenoxy) is 1. The Kier molecular flexibility index (Phi) is 4.22. The topological polar surface area (TPSA) is 64.1 Å². The molecule has 1 N–H and O–H groups in total. The first kappa shape index (κ1) is 15.1. The van der Waals surface area contributed by atoms with Crippen molar-refractivity contribution in [2.75, 3.05) is 0 Å². The third-order valence-electron chi connectivity index (χ3n) is 4.36. The van der Waals surface area contributed by atoms with Gasteiger partial charge in [-0.3, -0.25) is 4.79 Å². The van der Waals surface area contributed by atoms with Crippen LogP contribution in [0.2, 0.25) is 0 Å². The molecular weight excluding hydrogens is 298 g/mol. The molecule has 2 atom stereocenters. The molecule has 1 aromatic heterocycles. The Balaban J connectivity index is 1.52. The van der Waals surface area contributed by atoms with Gasteiger partial charge in [0.15, 0.2) is 0 Å². The van der Waals surface area contributed by atoms with E-state index in [0.29, 0.717) is 11.5 Å². The molecule has 2 aromatic rings. The van der Waals surface area contributed by atoms with E-state index >= 15 is 0 Å². The molecule has 0 aliphatic heterocycles.